The van der Waals surface area contributed by atoms with Gasteiger partial charge in [0.05, 0.1) is 12.4 Å². The number of anilines is 1. The predicted molar refractivity (Wildman–Crippen MR) is 110 cm³/mol. The highest BCUT2D eigenvalue weighted by Gasteiger charge is 2.51. The summed E-state index contributed by atoms with van der Waals surface area (Å²) in [6.07, 6.45) is 5.77. The zero-order valence-corrected chi connectivity index (χ0v) is 16.9. The van der Waals surface area contributed by atoms with Gasteiger partial charge in [-0.05, 0) is 18.4 Å². The molecule has 5 rings (SSSR count). The van der Waals surface area contributed by atoms with Gasteiger partial charge in [-0.2, -0.15) is 0 Å². The molecule has 156 valence electrons. The van der Waals surface area contributed by atoms with Crippen LogP contribution in [0, 0.1) is 0 Å². The second-order valence-corrected chi connectivity index (χ2v) is 8.28. The van der Waals surface area contributed by atoms with E-state index in [4.69, 9.17) is 4.74 Å². The highest BCUT2D eigenvalue weighted by Crippen LogP contribution is 2.33. The van der Waals surface area contributed by atoms with Crippen molar-refractivity contribution in [3.05, 3.63) is 54.0 Å². The van der Waals surface area contributed by atoms with Gasteiger partial charge in [0.1, 0.15) is 23.7 Å². The van der Waals surface area contributed by atoms with E-state index in [2.05, 4.69) is 27.0 Å². The molecule has 0 bridgehead atoms. The molecule has 1 aromatic heterocycles. The molecule has 0 N–H and O–H groups in total. The molecule has 0 spiro atoms. The van der Waals surface area contributed by atoms with Crippen LogP contribution in [0.1, 0.15) is 28.9 Å². The summed E-state index contributed by atoms with van der Waals surface area (Å²) in [7, 11) is 0. The molecule has 1 aromatic carbocycles. The number of benzene rings is 1. The summed E-state index contributed by atoms with van der Waals surface area (Å²) in [5.41, 5.74) is 1.09. The fourth-order valence-electron chi connectivity index (χ4n) is 4.73. The Balaban J connectivity index is 1.40. The van der Waals surface area contributed by atoms with Gasteiger partial charge < -0.3 is 14.5 Å². The van der Waals surface area contributed by atoms with Crippen LogP contribution in [0.3, 0.4) is 0 Å². The van der Waals surface area contributed by atoms with E-state index >= 15 is 0 Å². The van der Waals surface area contributed by atoms with E-state index in [0.717, 1.165) is 31.5 Å². The number of carbonyl (C=O) groups excluding carboxylic acids is 2. The number of hydrogen-bond donors (Lipinski definition) is 0. The maximum absolute atomic E-state index is 12.7. The van der Waals surface area contributed by atoms with E-state index in [1.807, 2.05) is 28.0 Å². The first-order valence-electron chi connectivity index (χ1n) is 10.5. The molecule has 2 aromatic rings. The lowest BCUT2D eigenvalue weighted by molar-refractivity contribution is 0.0786. The molecular formula is C22H25N5O3. The minimum Gasteiger partial charge on any atom is -0.447 e. The molecule has 0 radical (unpaired) electrons. The van der Waals surface area contributed by atoms with Crippen molar-refractivity contribution in [3.63, 3.8) is 0 Å². The van der Waals surface area contributed by atoms with E-state index in [1.165, 1.54) is 0 Å². The second kappa shape index (κ2) is 7.59. The molecule has 4 heterocycles. The van der Waals surface area contributed by atoms with Crippen LogP contribution in [0.4, 0.5) is 10.6 Å². The van der Waals surface area contributed by atoms with Gasteiger partial charge in [-0.25, -0.2) is 9.78 Å². The van der Waals surface area contributed by atoms with Gasteiger partial charge in [-0.15, -0.1) is 0 Å². The van der Waals surface area contributed by atoms with Crippen LogP contribution in [0.2, 0.25) is 0 Å². The first kappa shape index (κ1) is 18.8. The van der Waals surface area contributed by atoms with Gasteiger partial charge in [0.15, 0.2) is 0 Å². The van der Waals surface area contributed by atoms with Gasteiger partial charge in [0, 0.05) is 39.1 Å². The predicted octanol–water partition coefficient (Wildman–Crippen LogP) is 1.97. The molecule has 1 unspecified atom stereocenters. The van der Waals surface area contributed by atoms with Crippen molar-refractivity contribution in [1.29, 1.82) is 0 Å². The molecule has 3 saturated heterocycles. The number of ether oxygens (including phenoxy) is 1. The van der Waals surface area contributed by atoms with Gasteiger partial charge in [-0.3, -0.25) is 14.7 Å². The fourth-order valence-corrected chi connectivity index (χ4v) is 4.73. The molecule has 30 heavy (non-hydrogen) atoms. The van der Waals surface area contributed by atoms with Crippen LogP contribution in [0.25, 0.3) is 0 Å². The summed E-state index contributed by atoms with van der Waals surface area (Å²) in [5, 5.41) is 0. The third-order valence-electron chi connectivity index (χ3n) is 6.27. The van der Waals surface area contributed by atoms with Gasteiger partial charge in [0.2, 0.25) is 0 Å². The molecular weight excluding hydrogens is 382 g/mol. The monoisotopic (exact) mass is 407 g/mol. The Labute approximate surface area is 175 Å². The fraction of sp³-hybridized carbons (Fsp3) is 0.455. The summed E-state index contributed by atoms with van der Waals surface area (Å²) >= 11 is 0. The Morgan fingerprint density at radius 3 is 2.67 bits per heavy atom. The minimum atomic E-state index is -0.451. The average molecular weight is 407 g/mol. The van der Waals surface area contributed by atoms with Crippen molar-refractivity contribution >= 4 is 17.8 Å². The van der Waals surface area contributed by atoms with Crippen molar-refractivity contribution in [2.45, 2.75) is 24.8 Å². The van der Waals surface area contributed by atoms with Crippen molar-refractivity contribution in [2.24, 2.45) is 0 Å². The Hall–Kier alpha value is -3.16. The Morgan fingerprint density at radius 1 is 1.07 bits per heavy atom. The Kier molecular flexibility index (Phi) is 4.77. The smallest absolute Gasteiger partial charge is 0.410 e. The summed E-state index contributed by atoms with van der Waals surface area (Å²) in [4.78, 5) is 39.8. The summed E-state index contributed by atoms with van der Waals surface area (Å²) < 4.78 is 5.45. The molecule has 3 aliphatic rings. The molecule has 0 saturated carbocycles. The molecule has 1 atom stereocenters. The number of nitrogens with zero attached hydrogens (tertiary/aromatic N) is 5. The topological polar surface area (TPSA) is 78.9 Å². The lowest BCUT2D eigenvalue weighted by Gasteiger charge is -2.45. The van der Waals surface area contributed by atoms with Crippen molar-refractivity contribution < 1.29 is 14.3 Å². The molecule has 3 aliphatic heterocycles. The summed E-state index contributed by atoms with van der Waals surface area (Å²) in [6, 6.07) is 10.1. The van der Waals surface area contributed by atoms with Crippen LogP contribution < -0.4 is 4.90 Å². The van der Waals surface area contributed by atoms with Crippen LogP contribution in [0.15, 0.2) is 42.7 Å². The second-order valence-electron chi connectivity index (χ2n) is 8.28. The number of likely N-dealkylation sites (tertiary alicyclic amines) is 1. The maximum Gasteiger partial charge on any atom is 0.410 e. The van der Waals surface area contributed by atoms with Crippen molar-refractivity contribution in [2.75, 3.05) is 44.2 Å². The van der Waals surface area contributed by atoms with Gasteiger partial charge in [0.25, 0.3) is 5.91 Å². The number of aromatic nitrogens is 2. The zero-order chi connectivity index (χ0) is 20.6. The van der Waals surface area contributed by atoms with E-state index in [0.29, 0.717) is 44.2 Å². The first-order chi connectivity index (χ1) is 14.6. The number of piperazine rings is 1. The van der Waals surface area contributed by atoms with Crippen molar-refractivity contribution in [3.8, 4) is 0 Å². The first-order valence-corrected chi connectivity index (χ1v) is 10.5. The summed E-state index contributed by atoms with van der Waals surface area (Å²) in [6.45, 7) is 3.67. The standard InChI is InChI=1S/C22H25N5O3/c28-20(25-8-4-5-9-25)18-13-23-14-19(24-18)26-10-11-27-21(29)30-16-22(27,15-26)12-17-6-2-1-3-7-17/h1-3,6-7,13-14H,4-5,8-12,15-16H2. The number of fused-ring (bicyclic) bond motifs is 1. The maximum atomic E-state index is 12.7. The zero-order valence-electron chi connectivity index (χ0n) is 16.9. The largest absolute Gasteiger partial charge is 0.447 e. The number of amides is 2. The quantitative estimate of drug-likeness (QED) is 0.771. The molecule has 0 aliphatic carbocycles. The molecule has 2 amide bonds. The van der Waals surface area contributed by atoms with Crippen LogP contribution in [0.5, 0.6) is 0 Å². The Bertz CT molecular complexity index is 947. The van der Waals surface area contributed by atoms with Crippen LogP contribution in [-0.2, 0) is 11.2 Å². The normalized spacial score (nSPS) is 23.5. The van der Waals surface area contributed by atoms with Gasteiger partial charge >= 0.3 is 6.09 Å². The third kappa shape index (κ3) is 3.36. The number of cyclic esters (lactones) is 1. The highest BCUT2D eigenvalue weighted by atomic mass is 16.6. The van der Waals surface area contributed by atoms with E-state index < -0.39 is 5.54 Å². The molecule has 8 nitrogen and oxygen atoms in total. The average Bonchev–Trinajstić information content (AvgIpc) is 3.43. The van der Waals surface area contributed by atoms with E-state index in [9.17, 15) is 9.59 Å². The number of hydrogen-bond acceptors (Lipinski definition) is 6. The molecule has 3 fully saturated rings. The SMILES string of the molecule is O=C(c1cncc(N2CCN3C(=O)OCC3(Cc3ccccc3)C2)n1)N1CCCC1. The summed E-state index contributed by atoms with van der Waals surface area (Å²) in [5.74, 6) is 0.616. The molecule has 8 heteroatoms. The number of rotatable bonds is 4. The highest BCUT2D eigenvalue weighted by molar-refractivity contribution is 5.92. The van der Waals surface area contributed by atoms with E-state index in [-0.39, 0.29) is 12.0 Å². The Morgan fingerprint density at radius 2 is 1.87 bits per heavy atom. The number of carbonyl (C=O) groups is 2. The van der Waals surface area contributed by atoms with Gasteiger partial charge in [-0.1, -0.05) is 30.3 Å². The third-order valence-corrected chi connectivity index (χ3v) is 6.27. The van der Waals surface area contributed by atoms with Crippen LogP contribution >= 0.6 is 0 Å². The lowest BCUT2D eigenvalue weighted by Crippen LogP contribution is -2.62. The minimum absolute atomic E-state index is 0.0566. The van der Waals surface area contributed by atoms with Crippen molar-refractivity contribution in [1.82, 2.24) is 19.8 Å². The van der Waals surface area contributed by atoms with Crippen LogP contribution in [-0.4, -0.2) is 76.6 Å². The van der Waals surface area contributed by atoms with E-state index in [1.54, 1.807) is 12.4 Å². The lowest BCUT2D eigenvalue weighted by atomic mass is 9.88.